The fourth-order valence-corrected chi connectivity index (χ4v) is 4.36. The standard InChI is InChI=1S/C21H19BrN2O7S/c1-4-30-21(26)20-17(12-19(25)24(23-20)15-8-5-13(2)6-9-15)31-32(27,28)18-11-14(22)7-10-16(18)29-3/h5-12H,4H2,1-3H3. The lowest BCUT2D eigenvalue weighted by Gasteiger charge is -2.14. The lowest BCUT2D eigenvalue weighted by Crippen LogP contribution is -2.26. The molecule has 0 saturated carbocycles. The third-order valence-electron chi connectivity index (χ3n) is 4.24. The monoisotopic (exact) mass is 522 g/mol. The second kappa shape index (κ2) is 9.53. The van der Waals surface area contributed by atoms with Crippen molar-refractivity contribution in [1.29, 1.82) is 0 Å². The normalized spacial score (nSPS) is 11.1. The molecule has 0 amide bonds. The summed E-state index contributed by atoms with van der Waals surface area (Å²) in [6.07, 6.45) is 0. The Morgan fingerprint density at radius 3 is 2.41 bits per heavy atom. The van der Waals surface area contributed by atoms with Crippen LogP contribution in [0.4, 0.5) is 0 Å². The van der Waals surface area contributed by atoms with Gasteiger partial charge in [0, 0.05) is 4.47 Å². The van der Waals surface area contributed by atoms with Crippen LogP contribution in [0.5, 0.6) is 11.5 Å². The van der Waals surface area contributed by atoms with Crippen LogP contribution in [0.1, 0.15) is 23.0 Å². The number of carbonyl (C=O) groups excluding carboxylic acids is 1. The van der Waals surface area contributed by atoms with Crippen LogP contribution in [-0.4, -0.2) is 37.9 Å². The molecule has 11 heteroatoms. The summed E-state index contributed by atoms with van der Waals surface area (Å²) in [5.41, 5.74) is 0.175. The zero-order chi connectivity index (χ0) is 23.5. The Bertz CT molecular complexity index is 1320. The van der Waals surface area contributed by atoms with Crippen LogP contribution >= 0.6 is 15.9 Å². The lowest BCUT2D eigenvalue weighted by molar-refractivity contribution is 0.0515. The first-order chi connectivity index (χ1) is 15.2. The molecule has 2 aromatic carbocycles. The van der Waals surface area contributed by atoms with Crippen molar-refractivity contribution < 1.29 is 26.9 Å². The fraction of sp³-hybridized carbons (Fsp3) is 0.190. The average Bonchev–Trinajstić information content (AvgIpc) is 2.74. The maximum Gasteiger partial charge on any atom is 0.362 e. The summed E-state index contributed by atoms with van der Waals surface area (Å²) in [6.45, 7) is 3.47. The van der Waals surface area contributed by atoms with E-state index in [1.54, 1.807) is 37.3 Å². The molecule has 0 aliphatic rings. The fourth-order valence-electron chi connectivity index (χ4n) is 2.72. The van der Waals surface area contributed by atoms with E-state index in [0.29, 0.717) is 10.2 Å². The second-order valence-electron chi connectivity index (χ2n) is 6.50. The van der Waals surface area contributed by atoms with E-state index in [1.807, 2.05) is 6.92 Å². The van der Waals surface area contributed by atoms with Crippen molar-refractivity contribution >= 4 is 32.0 Å². The molecule has 168 valence electrons. The van der Waals surface area contributed by atoms with Crippen molar-refractivity contribution in [3.05, 3.63) is 74.6 Å². The van der Waals surface area contributed by atoms with Crippen molar-refractivity contribution in [1.82, 2.24) is 9.78 Å². The first-order valence-corrected chi connectivity index (χ1v) is 11.5. The molecule has 0 aliphatic carbocycles. The smallest absolute Gasteiger partial charge is 0.362 e. The molecule has 0 fully saturated rings. The van der Waals surface area contributed by atoms with Gasteiger partial charge in [0.05, 0.1) is 25.5 Å². The molecule has 9 nitrogen and oxygen atoms in total. The largest absolute Gasteiger partial charge is 0.495 e. The number of rotatable bonds is 7. The summed E-state index contributed by atoms with van der Waals surface area (Å²) in [7, 11) is -3.20. The van der Waals surface area contributed by atoms with Crippen LogP contribution in [0.2, 0.25) is 0 Å². The Morgan fingerprint density at radius 1 is 1.09 bits per heavy atom. The number of nitrogens with zero attached hydrogens (tertiary/aromatic N) is 2. The quantitative estimate of drug-likeness (QED) is 0.343. The van der Waals surface area contributed by atoms with E-state index >= 15 is 0 Å². The molecule has 0 aliphatic heterocycles. The summed E-state index contributed by atoms with van der Waals surface area (Å²) in [6, 6.07) is 12.0. The second-order valence-corrected chi connectivity index (χ2v) is 8.93. The summed E-state index contributed by atoms with van der Waals surface area (Å²) in [4.78, 5) is 24.9. The molecule has 1 aromatic heterocycles. The van der Waals surface area contributed by atoms with E-state index in [4.69, 9.17) is 13.7 Å². The van der Waals surface area contributed by atoms with E-state index in [0.717, 1.165) is 16.3 Å². The van der Waals surface area contributed by atoms with E-state index in [1.165, 1.54) is 19.2 Å². The van der Waals surface area contributed by atoms with Crippen LogP contribution in [0.25, 0.3) is 5.69 Å². The molecule has 3 rings (SSSR count). The molecule has 0 N–H and O–H groups in total. The summed E-state index contributed by atoms with van der Waals surface area (Å²) in [5, 5.41) is 4.03. The van der Waals surface area contributed by atoms with E-state index < -0.39 is 33.1 Å². The van der Waals surface area contributed by atoms with Gasteiger partial charge in [-0.25, -0.2) is 4.79 Å². The van der Waals surface area contributed by atoms with Gasteiger partial charge in [-0.05, 0) is 44.2 Å². The molecule has 0 atom stereocenters. The maximum atomic E-state index is 13.0. The molecule has 0 radical (unpaired) electrons. The number of aryl methyl sites for hydroxylation is 1. The highest BCUT2D eigenvalue weighted by Crippen LogP contribution is 2.30. The first-order valence-electron chi connectivity index (χ1n) is 9.33. The molecule has 32 heavy (non-hydrogen) atoms. The number of methoxy groups -OCH3 is 1. The van der Waals surface area contributed by atoms with Gasteiger partial charge in [-0.3, -0.25) is 4.79 Å². The predicted molar refractivity (Wildman–Crippen MR) is 119 cm³/mol. The van der Waals surface area contributed by atoms with Gasteiger partial charge in [-0.15, -0.1) is 0 Å². The number of hydrogen-bond donors (Lipinski definition) is 0. The average molecular weight is 523 g/mol. The summed E-state index contributed by atoms with van der Waals surface area (Å²) < 4.78 is 42.6. The minimum absolute atomic E-state index is 0.00974. The highest BCUT2D eigenvalue weighted by molar-refractivity contribution is 9.10. The Hall–Kier alpha value is -3.18. The Labute approximate surface area is 192 Å². The van der Waals surface area contributed by atoms with E-state index in [9.17, 15) is 18.0 Å². The van der Waals surface area contributed by atoms with Crippen LogP contribution < -0.4 is 14.5 Å². The maximum absolute atomic E-state index is 13.0. The van der Waals surface area contributed by atoms with E-state index in [2.05, 4.69) is 21.0 Å². The number of halogens is 1. The number of esters is 1. The molecule has 0 bridgehead atoms. The molecule has 3 aromatic rings. The zero-order valence-corrected chi connectivity index (χ0v) is 19.8. The molecular weight excluding hydrogens is 504 g/mol. The SMILES string of the molecule is CCOC(=O)c1nn(-c2ccc(C)cc2)c(=O)cc1OS(=O)(=O)c1cc(Br)ccc1OC. The molecule has 0 saturated heterocycles. The van der Waals surface area contributed by atoms with Gasteiger partial charge in [0.25, 0.3) is 5.56 Å². The van der Waals surface area contributed by atoms with Crippen LogP contribution in [0, 0.1) is 6.92 Å². The van der Waals surface area contributed by atoms with Crippen LogP contribution in [0.3, 0.4) is 0 Å². The number of aromatic nitrogens is 2. The van der Waals surface area contributed by atoms with Gasteiger partial charge in [0.15, 0.2) is 5.75 Å². The first kappa shape index (κ1) is 23.5. The minimum Gasteiger partial charge on any atom is -0.495 e. The number of ether oxygens (including phenoxy) is 2. The lowest BCUT2D eigenvalue weighted by atomic mass is 10.2. The highest BCUT2D eigenvalue weighted by Gasteiger charge is 2.28. The number of carbonyl (C=O) groups is 1. The zero-order valence-electron chi connectivity index (χ0n) is 17.4. The molecular formula is C21H19BrN2O7S. The predicted octanol–water partition coefficient (Wildman–Crippen LogP) is 3.26. The van der Waals surface area contributed by atoms with Gasteiger partial charge in [-0.2, -0.15) is 18.2 Å². The van der Waals surface area contributed by atoms with Crippen molar-refractivity contribution in [3.63, 3.8) is 0 Å². The van der Waals surface area contributed by atoms with Gasteiger partial charge >= 0.3 is 16.1 Å². The summed E-state index contributed by atoms with van der Waals surface area (Å²) >= 11 is 3.20. The summed E-state index contributed by atoms with van der Waals surface area (Å²) in [5.74, 6) is -1.48. The Morgan fingerprint density at radius 2 is 1.78 bits per heavy atom. The van der Waals surface area contributed by atoms with Gasteiger partial charge < -0.3 is 13.7 Å². The third-order valence-corrected chi connectivity index (χ3v) is 5.99. The Kier molecular flexibility index (Phi) is 6.99. The van der Waals surface area contributed by atoms with Crippen LogP contribution in [-0.2, 0) is 14.9 Å². The molecule has 0 spiro atoms. The van der Waals surface area contributed by atoms with Crippen molar-refractivity contribution in [3.8, 4) is 17.2 Å². The molecule has 1 heterocycles. The number of hydrogen-bond acceptors (Lipinski definition) is 8. The number of benzene rings is 2. The third kappa shape index (κ3) is 5.00. The topological polar surface area (TPSA) is 114 Å². The van der Waals surface area contributed by atoms with Gasteiger partial charge in [0.1, 0.15) is 10.6 Å². The van der Waals surface area contributed by atoms with Gasteiger partial charge in [0.2, 0.25) is 5.69 Å². The van der Waals surface area contributed by atoms with Crippen molar-refractivity contribution in [2.75, 3.05) is 13.7 Å². The Balaban J connectivity index is 2.14. The van der Waals surface area contributed by atoms with Gasteiger partial charge in [-0.1, -0.05) is 33.6 Å². The van der Waals surface area contributed by atoms with E-state index in [-0.39, 0.29) is 17.3 Å². The van der Waals surface area contributed by atoms with Crippen molar-refractivity contribution in [2.45, 2.75) is 18.7 Å². The minimum atomic E-state index is -4.50. The molecule has 0 unspecified atom stereocenters. The van der Waals surface area contributed by atoms with Crippen LogP contribution in [0.15, 0.2) is 62.7 Å². The van der Waals surface area contributed by atoms with Crippen molar-refractivity contribution in [2.24, 2.45) is 0 Å². The highest BCUT2D eigenvalue weighted by atomic mass is 79.9.